The predicted molar refractivity (Wildman–Crippen MR) is 81.1 cm³/mol. The van der Waals surface area contributed by atoms with Crippen LogP contribution >= 0.6 is 0 Å². The quantitative estimate of drug-likeness (QED) is 0.941. The highest BCUT2D eigenvalue weighted by atomic mass is 16.5. The van der Waals surface area contributed by atoms with Gasteiger partial charge >= 0.3 is 0 Å². The van der Waals surface area contributed by atoms with E-state index in [2.05, 4.69) is 5.32 Å². The number of ether oxygens (including phenoxy) is 2. The van der Waals surface area contributed by atoms with Crippen molar-refractivity contribution in [3.8, 4) is 11.5 Å². The van der Waals surface area contributed by atoms with Crippen LogP contribution in [0.4, 0.5) is 5.69 Å². The van der Waals surface area contributed by atoms with Crippen molar-refractivity contribution < 1.29 is 14.3 Å². The van der Waals surface area contributed by atoms with Crippen LogP contribution in [-0.4, -0.2) is 20.1 Å². The van der Waals surface area contributed by atoms with Crippen LogP contribution in [0.1, 0.15) is 23.5 Å². The van der Waals surface area contributed by atoms with Crippen LogP contribution in [0, 0.1) is 0 Å². The molecule has 2 aromatic carbocycles. The molecule has 3 rings (SSSR count). The summed E-state index contributed by atoms with van der Waals surface area (Å²) in [6, 6.07) is 13.8. The first-order valence-corrected chi connectivity index (χ1v) is 6.83. The fourth-order valence-electron chi connectivity index (χ4n) is 2.77. The number of benzene rings is 2. The lowest BCUT2D eigenvalue weighted by atomic mass is 9.84. The van der Waals surface area contributed by atoms with Crippen LogP contribution in [-0.2, 0) is 4.79 Å². The molecule has 21 heavy (non-hydrogen) atoms. The van der Waals surface area contributed by atoms with Crippen molar-refractivity contribution in [2.24, 2.45) is 0 Å². The number of hydrogen-bond acceptors (Lipinski definition) is 3. The Morgan fingerprint density at radius 3 is 2.38 bits per heavy atom. The van der Waals surface area contributed by atoms with Crippen molar-refractivity contribution in [3.05, 3.63) is 53.6 Å². The summed E-state index contributed by atoms with van der Waals surface area (Å²) >= 11 is 0. The number of amides is 1. The SMILES string of the molecule is COc1cc2c(cc1OC)C(c1ccccc1)CC(=O)N2. The Hall–Kier alpha value is -2.49. The Balaban J connectivity index is 2.13. The van der Waals surface area contributed by atoms with Crippen LogP contribution in [0.3, 0.4) is 0 Å². The molecule has 2 aromatic rings. The van der Waals surface area contributed by atoms with Gasteiger partial charge in [0.15, 0.2) is 11.5 Å². The minimum absolute atomic E-state index is 0.0172. The maximum Gasteiger partial charge on any atom is 0.225 e. The predicted octanol–water partition coefficient (Wildman–Crippen LogP) is 3.18. The summed E-state index contributed by atoms with van der Waals surface area (Å²) in [6.07, 6.45) is 0.437. The summed E-state index contributed by atoms with van der Waals surface area (Å²) in [4.78, 5) is 12.0. The molecule has 0 saturated heterocycles. The number of carbonyl (C=O) groups is 1. The number of methoxy groups -OCH3 is 2. The first-order chi connectivity index (χ1) is 10.2. The van der Waals surface area contributed by atoms with Crippen LogP contribution in [0.2, 0.25) is 0 Å². The van der Waals surface area contributed by atoms with Gasteiger partial charge in [0, 0.05) is 24.1 Å². The summed E-state index contributed by atoms with van der Waals surface area (Å²) in [6.45, 7) is 0. The molecule has 1 unspecified atom stereocenters. The topological polar surface area (TPSA) is 47.6 Å². The molecule has 0 fully saturated rings. The second-order valence-corrected chi connectivity index (χ2v) is 5.01. The average molecular weight is 283 g/mol. The Kier molecular flexibility index (Phi) is 3.52. The molecule has 1 amide bonds. The lowest BCUT2D eigenvalue weighted by molar-refractivity contribution is -0.116. The molecule has 0 bridgehead atoms. The Bertz CT molecular complexity index is 667. The van der Waals surface area contributed by atoms with Gasteiger partial charge in [0.05, 0.1) is 14.2 Å². The second-order valence-electron chi connectivity index (χ2n) is 5.01. The van der Waals surface area contributed by atoms with Crippen molar-refractivity contribution in [1.29, 1.82) is 0 Å². The third-order valence-corrected chi connectivity index (χ3v) is 3.80. The summed E-state index contributed by atoms with van der Waals surface area (Å²) in [5.41, 5.74) is 2.97. The third kappa shape index (κ3) is 2.44. The van der Waals surface area contributed by atoms with Gasteiger partial charge in [0.25, 0.3) is 0 Å². The molecule has 4 nitrogen and oxygen atoms in total. The summed E-state index contributed by atoms with van der Waals surface area (Å²) in [7, 11) is 3.20. The van der Waals surface area contributed by atoms with Gasteiger partial charge in [-0.3, -0.25) is 4.79 Å². The molecular weight excluding hydrogens is 266 g/mol. The molecular formula is C17H17NO3. The minimum Gasteiger partial charge on any atom is -0.493 e. The Labute approximate surface area is 123 Å². The molecule has 1 aliphatic heterocycles. The zero-order valence-electron chi connectivity index (χ0n) is 12.1. The summed E-state index contributed by atoms with van der Waals surface area (Å²) in [5.74, 6) is 1.34. The van der Waals surface area contributed by atoms with Crippen molar-refractivity contribution in [3.63, 3.8) is 0 Å². The number of anilines is 1. The third-order valence-electron chi connectivity index (χ3n) is 3.80. The van der Waals surface area contributed by atoms with Crippen LogP contribution in [0.15, 0.2) is 42.5 Å². The fraction of sp³-hybridized carbons (Fsp3) is 0.235. The van der Waals surface area contributed by atoms with Crippen molar-refractivity contribution in [2.75, 3.05) is 19.5 Å². The zero-order valence-corrected chi connectivity index (χ0v) is 12.1. The van der Waals surface area contributed by atoms with E-state index in [1.54, 1.807) is 14.2 Å². The standard InChI is InChI=1S/C17H17NO3/c1-20-15-8-13-12(11-6-4-3-5-7-11)9-17(19)18-14(13)10-16(15)21-2/h3-8,10,12H,9H2,1-2H3,(H,18,19). The van der Waals surface area contributed by atoms with Crippen molar-refractivity contribution in [2.45, 2.75) is 12.3 Å². The highest BCUT2D eigenvalue weighted by Gasteiger charge is 2.28. The molecule has 1 N–H and O–H groups in total. The van der Waals surface area contributed by atoms with Gasteiger partial charge in [-0.1, -0.05) is 30.3 Å². The zero-order chi connectivity index (χ0) is 14.8. The number of rotatable bonds is 3. The highest BCUT2D eigenvalue weighted by Crippen LogP contribution is 2.42. The molecule has 1 atom stereocenters. The number of fused-ring (bicyclic) bond motifs is 1. The normalized spacial score (nSPS) is 16.9. The second kappa shape index (κ2) is 5.48. The smallest absolute Gasteiger partial charge is 0.225 e. The first kappa shape index (κ1) is 13.5. The van der Waals surface area contributed by atoms with Gasteiger partial charge in [-0.2, -0.15) is 0 Å². The van der Waals surface area contributed by atoms with Crippen LogP contribution in [0.5, 0.6) is 11.5 Å². The van der Waals surface area contributed by atoms with Crippen molar-refractivity contribution in [1.82, 2.24) is 0 Å². The van der Waals surface area contributed by atoms with Crippen LogP contribution < -0.4 is 14.8 Å². The molecule has 108 valence electrons. The number of carbonyl (C=O) groups excluding carboxylic acids is 1. The Morgan fingerprint density at radius 1 is 1.05 bits per heavy atom. The van der Waals surface area contributed by atoms with Crippen LogP contribution in [0.25, 0.3) is 0 Å². The van der Waals surface area contributed by atoms with E-state index in [1.165, 1.54) is 0 Å². The highest BCUT2D eigenvalue weighted by molar-refractivity contribution is 5.96. The summed E-state index contributed by atoms with van der Waals surface area (Å²) < 4.78 is 10.7. The lowest BCUT2D eigenvalue weighted by Crippen LogP contribution is -2.23. The molecule has 0 spiro atoms. The minimum atomic E-state index is 0.0172. The van der Waals surface area contributed by atoms with E-state index >= 15 is 0 Å². The lowest BCUT2D eigenvalue weighted by Gasteiger charge is -2.27. The molecule has 0 aromatic heterocycles. The van der Waals surface area contributed by atoms with Gasteiger partial charge in [-0.25, -0.2) is 0 Å². The molecule has 1 heterocycles. The van der Waals surface area contributed by atoms with Crippen molar-refractivity contribution >= 4 is 11.6 Å². The van der Waals surface area contributed by atoms with E-state index in [1.807, 2.05) is 42.5 Å². The largest absolute Gasteiger partial charge is 0.493 e. The maximum atomic E-state index is 12.0. The van der Waals surface area contributed by atoms with E-state index in [0.29, 0.717) is 17.9 Å². The van der Waals surface area contributed by atoms with Gasteiger partial charge in [-0.05, 0) is 17.2 Å². The van der Waals surface area contributed by atoms with Gasteiger partial charge < -0.3 is 14.8 Å². The fourth-order valence-corrected chi connectivity index (χ4v) is 2.77. The first-order valence-electron chi connectivity index (χ1n) is 6.83. The molecule has 0 radical (unpaired) electrons. The number of nitrogens with one attached hydrogen (secondary N) is 1. The molecule has 4 heteroatoms. The van der Waals surface area contributed by atoms with E-state index < -0.39 is 0 Å². The van der Waals surface area contributed by atoms with Gasteiger partial charge in [0.2, 0.25) is 5.91 Å². The van der Waals surface area contributed by atoms with Gasteiger partial charge in [-0.15, -0.1) is 0 Å². The van der Waals surface area contributed by atoms with E-state index in [0.717, 1.165) is 16.8 Å². The summed E-state index contributed by atoms with van der Waals surface area (Å²) in [5, 5.41) is 2.91. The van der Waals surface area contributed by atoms with E-state index in [4.69, 9.17) is 9.47 Å². The maximum absolute atomic E-state index is 12.0. The molecule has 0 saturated carbocycles. The molecule has 1 aliphatic rings. The monoisotopic (exact) mass is 283 g/mol. The van der Waals surface area contributed by atoms with E-state index in [9.17, 15) is 4.79 Å². The molecule has 0 aliphatic carbocycles. The van der Waals surface area contributed by atoms with E-state index in [-0.39, 0.29) is 11.8 Å². The average Bonchev–Trinajstić information content (AvgIpc) is 2.53. The van der Waals surface area contributed by atoms with Gasteiger partial charge in [0.1, 0.15) is 0 Å². The Morgan fingerprint density at radius 2 is 1.71 bits per heavy atom. The number of hydrogen-bond donors (Lipinski definition) is 1.